The Morgan fingerprint density at radius 1 is 0.862 bits per heavy atom. The molecule has 0 atom stereocenters. The third-order valence-electron chi connectivity index (χ3n) is 4.19. The Morgan fingerprint density at radius 3 is 2.03 bits per heavy atom. The second kappa shape index (κ2) is 10.9. The zero-order chi connectivity index (χ0) is 21.2. The van der Waals surface area contributed by atoms with E-state index in [-0.39, 0.29) is 5.75 Å². The van der Waals surface area contributed by atoms with Crippen LogP contribution in [0, 0.1) is 0 Å². The summed E-state index contributed by atoms with van der Waals surface area (Å²) in [5.74, 6) is 2.92. The van der Waals surface area contributed by atoms with Gasteiger partial charge in [0.2, 0.25) is 5.75 Å². The first-order chi connectivity index (χ1) is 14.1. The number of benzene rings is 2. The molecule has 0 radical (unpaired) electrons. The molecular weight excluding hydrogens is 374 g/mol. The summed E-state index contributed by atoms with van der Waals surface area (Å²) in [5.41, 5.74) is 1.82. The Morgan fingerprint density at radius 2 is 1.52 bits per heavy atom. The van der Waals surface area contributed by atoms with Gasteiger partial charge in [0, 0.05) is 13.1 Å². The number of aliphatic imine (C=N–C) groups is 1. The first-order valence-electron chi connectivity index (χ1n) is 9.23. The highest BCUT2D eigenvalue weighted by molar-refractivity contribution is 5.79. The smallest absolute Gasteiger partial charge is 0.203 e. The van der Waals surface area contributed by atoms with Gasteiger partial charge in [0.25, 0.3) is 0 Å². The van der Waals surface area contributed by atoms with Gasteiger partial charge in [-0.15, -0.1) is 0 Å². The summed E-state index contributed by atoms with van der Waals surface area (Å²) < 4.78 is 21.2. The summed E-state index contributed by atoms with van der Waals surface area (Å²) in [7, 11) is 6.26. The number of nitrogens with one attached hydrogen (secondary N) is 2. The van der Waals surface area contributed by atoms with Crippen molar-refractivity contribution in [1.82, 2.24) is 10.6 Å². The number of phenolic OH excluding ortho intramolecular Hbond substituents is 1. The number of nitrogens with zero attached hydrogens (tertiary/aromatic N) is 1. The number of hydrogen-bond acceptors (Lipinski definition) is 6. The van der Waals surface area contributed by atoms with E-state index in [1.54, 1.807) is 33.5 Å². The quantitative estimate of drug-likeness (QED) is 0.438. The zero-order valence-electron chi connectivity index (χ0n) is 17.5. The average molecular weight is 403 g/mol. The first kappa shape index (κ1) is 22.0. The number of guanidine groups is 1. The van der Waals surface area contributed by atoms with Gasteiger partial charge in [0.1, 0.15) is 0 Å². The lowest BCUT2D eigenvalue weighted by molar-refractivity contribution is 0.324. The maximum absolute atomic E-state index is 9.92. The largest absolute Gasteiger partial charge is 0.504 e. The van der Waals surface area contributed by atoms with Gasteiger partial charge in [0.15, 0.2) is 29.0 Å². The molecule has 0 saturated heterocycles. The van der Waals surface area contributed by atoms with Crippen molar-refractivity contribution in [3.05, 3.63) is 41.5 Å². The monoisotopic (exact) mass is 403 g/mol. The molecule has 0 aliphatic heterocycles. The lowest BCUT2D eigenvalue weighted by Crippen LogP contribution is -2.36. The zero-order valence-corrected chi connectivity index (χ0v) is 17.5. The topological polar surface area (TPSA) is 93.6 Å². The third-order valence-corrected chi connectivity index (χ3v) is 4.19. The highest BCUT2D eigenvalue weighted by atomic mass is 16.5. The van der Waals surface area contributed by atoms with Gasteiger partial charge in [0.05, 0.1) is 35.0 Å². The van der Waals surface area contributed by atoms with Crippen molar-refractivity contribution < 1.29 is 24.1 Å². The summed E-state index contributed by atoms with van der Waals surface area (Å²) in [6, 6.07) is 9.01. The van der Waals surface area contributed by atoms with Gasteiger partial charge >= 0.3 is 0 Å². The number of aromatic hydroxyl groups is 1. The van der Waals surface area contributed by atoms with E-state index in [9.17, 15) is 5.11 Å². The molecule has 0 aliphatic rings. The average Bonchev–Trinajstić information content (AvgIpc) is 2.74. The number of rotatable bonds is 9. The SMILES string of the molecule is CCNC(=NCc1cc(OC)c(OC)c(OC)c1)NCc1ccc(OC)c(O)c1. The molecule has 0 heterocycles. The summed E-state index contributed by atoms with van der Waals surface area (Å²) in [4.78, 5) is 4.62. The van der Waals surface area contributed by atoms with E-state index >= 15 is 0 Å². The van der Waals surface area contributed by atoms with Gasteiger partial charge in [-0.05, 0) is 42.3 Å². The van der Waals surface area contributed by atoms with Crippen molar-refractivity contribution in [2.75, 3.05) is 35.0 Å². The molecule has 0 aromatic heterocycles. The minimum absolute atomic E-state index is 0.103. The Labute approximate surface area is 171 Å². The number of ether oxygens (including phenoxy) is 4. The van der Waals surface area contributed by atoms with Gasteiger partial charge in [-0.25, -0.2) is 4.99 Å². The number of phenols is 1. The Kier molecular flexibility index (Phi) is 8.27. The number of methoxy groups -OCH3 is 4. The van der Waals surface area contributed by atoms with Crippen LogP contribution in [0.3, 0.4) is 0 Å². The van der Waals surface area contributed by atoms with E-state index < -0.39 is 0 Å². The molecule has 8 nitrogen and oxygen atoms in total. The van der Waals surface area contributed by atoms with Crippen molar-refractivity contribution in [1.29, 1.82) is 0 Å². The maximum atomic E-state index is 9.92. The van der Waals surface area contributed by atoms with Crippen molar-refractivity contribution in [2.24, 2.45) is 4.99 Å². The van der Waals surface area contributed by atoms with Crippen LogP contribution in [-0.2, 0) is 13.1 Å². The highest BCUT2D eigenvalue weighted by Gasteiger charge is 2.13. The maximum Gasteiger partial charge on any atom is 0.203 e. The van der Waals surface area contributed by atoms with Gasteiger partial charge in [-0.2, -0.15) is 0 Å². The molecule has 8 heteroatoms. The minimum atomic E-state index is 0.103. The van der Waals surface area contributed by atoms with Crippen molar-refractivity contribution in [2.45, 2.75) is 20.0 Å². The van der Waals surface area contributed by atoms with Crippen molar-refractivity contribution in [3.8, 4) is 28.7 Å². The summed E-state index contributed by atoms with van der Waals surface area (Å²) in [6.07, 6.45) is 0. The predicted octanol–water partition coefficient (Wildman–Crippen LogP) is 2.68. The van der Waals surface area contributed by atoms with E-state index in [0.29, 0.717) is 42.0 Å². The van der Waals surface area contributed by atoms with E-state index in [1.807, 2.05) is 25.1 Å². The van der Waals surface area contributed by atoms with E-state index in [1.165, 1.54) is 7.11 Å². The molecule has 2 rings (SSSR count). The van der Waals surface area contributed by atoms with Crippen LogP contribution in [0.1, 0.15) is 18.1 Å². The molecular formula is C21H29N3O5. The fourth-order valence-corrected chi connectivity index (χ4v) is 2.77. The molecule has 0 fully saturated rings. The first-order valence-corrected chi connectivity index (χ1v) is 9.23. The molecule has 3 N–H and O–H groups in total. The molecule has 0 unspecified atom stereocenters. The molecule has 2 aromatic rings. The Hall–Kier alpha value is -3.29. The van der Waals surface area contributed by atoms with Crippen molar-refractivity contribution in [3.63, 3.8) is 0 Å². The standard InChI is InChI=1S/C21H29N3O5/c1-6-22-21(23-12-14-7-8-17(26-2)16(25)9-14)24-13-15-10-18(27-3)20(29-5)19(11-15)28-4/h7-11,25H,6,12-13H2,1-5H3,(H2,22,23,24). The molecule has 0 saturated carbocycles. The van der Waals surface area contributed by atoms with E-state index in [4.69, 9.17) is 18.9 Å². The lowest BCUT2D eigenvalue weighted by Gasteiger charge is -2.14. The van der Waals surface area contributed by atoms with Crippen LogP contribution in [0.25, 0.3) is 0 Å². The van der Waals surface area contributed by atoms with Crippen LogP contribution in [0.15, 0.2) is 35.3 Å². The van der Waals surface area contributed by atoms with Gasteiger partial charge in [-0.1, -0.05) is 6.07 Å². The summed E-state index contributed by atoms with van der Waals surface area (Å²) in [5, 5.41) is 16.4. The fourth-order valence-electron chi connectivity index (χ4n) is 2.77. The second-order valence-corrected chi connectivity index (χ2v) is 6.09. The van der Waals surface area contributed by atoms with Crippen molar-refractivity contribution >= 4 is 5.96 Å². The van der Waals surface area contributed by atoms with Crippen LogP contribution >= 0.6 is 0 Å². The highest BCUT2D eigenvalue weighted by Crippen LogP contribution is 2.38. The molecule has 0 bridgehead atoms. The third kappa shape index (κ3) is 5.84. The van der Waals surface area contributed by atoms with Crippen LogP contribution in [0.2, 0.25) is 0 Å². The Balaban J connectivity index is 2.13. The molecule has 0 spiro atoms. The van der Waals surface area contributed by atoms with Crippen LogP contribution < -0.4 is 29.6 Å². The van der Waals surface area contributed by atoms with Crippen LogP contribution in [0.4, 0.5) is 0 Å². The minimum Gasteiger partial charge on any atom is -0.504 e. The lowest BCUT2D eigenvalue weighted by atomic mass is 10.2. The van der Waals surface area contributed by atoms with E-state index in [2.05, 4.69) is 15.6 Å². The summed E-state index contributed by atoms with van der Waals surface area (Å²) >= 11 is 0. The fraction of sp³-hybridized carbons (Fsp3) is 0.381. The second-order valence-electron chi connectivity index (χ2n) is 6.09. The van der Waals surface area contributed by atoms with Gasteiger partial charge in [-0.3, -0.25) is 0 Å². The predicted molar refractivity (Wildman–Crippen MR) is 112 cm³/mol. The van der Waals surface area contributed by atoms with Crippen LogP contribution in [0.5, 0.6) is 28.7 Å². The van der Waals surface area contributed by atoms with E-state index in [0.717, 1.165) is 17.7 Å². The van der Waals surface area contributed by atoms with Gasteiger partial charge < -0.3 is 34.7 Å². The number of hydrogen-bond donors (Lipinski definition) is 3. The summed E-state index contributed by atoms with van der Waals surface area (Å²) in [6.45, 7) is 3.63. The normalized spacial score (nSPS) is 11.0. The molecule has 158 valence electrons. The van der Waals surface area contributed by atoms with Crippen LogP contribution in [-0.4, -0.2) is 46.1 Å². The Bertz CT molecular complexity index is 814. The molecule has 29 heavy (non-hydrogen) atoms. The molecule has 0 aliphatic carbocycles. The molecule has 2 aromatic carbocycles. The molecule has 0 amide bonds.